The molecule has 3 aromatic carbocycles. The molecule has 174 valence electrons. The second-order valence-corrected chi connectivity index (χ2v) is 9.74. The predicted molar refractivity (Wildman–Crippen MR) is 143 cm³/mol. The van der Waals surface area contributed by atoms with Crippen LogP contribution in [0.5, 0.6) is 11.5 Å². The molecule has 0 bridgehead atoms. The average Bonchev–Trinajstić information content (AvgIpc) is 3.33. The number of nitrogens with zero attached hydrogens (tertiary/aromatic N) is 1. The molecule has 3 atom stereocenters. The van der Waals surface area contributed by atoms with Crippen molar-refractivity contribution < 1.29 is 9.47 Å². The second kappa shape index (κ2) is 9.67. The van der Waals surface area contributed by atoms with Crippen LogP contribution < -0.4 is 14.8 Å². The Labute approximate surface area is 209 Å². The molecule has 0 saturated carbocycles. The molecule has 1 aliphatic carbocycles. The smallest absolute Gasteiger partial charge is 0.174 e. The number of hydrogen-bond acceptors (Lipinski definition) is 4. The molecule has 1 aliphatic heterocycles. The lowest BCUT2D eigenvalue weighted by Gasteiger charge is -2.37. The van der Waals surface area contributed by atoms with Gasteiger partial charge in [0, 0.05) is 17.8 Å². The summed E-state index contributed by atoms with van der Waals surface area (Å²) in [4.78, 5) is 4.70. The molecule has 0 aromatic heterocycles. The highest BCUT2D eigenvalue weighted by atomic mass is 79.9. The van der Waals surface area contributed by atoms with Crippen molar-refractivity contribution >= 4 is 33.5 Å². The average molecular weight is 517 g/mol. The maximum absolute atomic E-state index is 5.72. The van der Waals surface area contributed by atoms with Crippen LogP contribution in [0.15, 0.2) is 76.2 Å². The van der Waals surface area contributed by atoms with Gasteiger partial charge in [-0.2, -0.15) is 0 Å². The van der Waals surface area contributed by atoms with Gasteiger partial charge < -0.3 is 14.8 Å². The first-order valence-electron chi connectivity index (χ1n) is 11.8. The summed E-state index contributed by atoms with van der Waals surface area (Å²) in [7, 11) is 1.64. The van der Waals surface area contributed by atoms with Gasteiger partial charge in [0.15, 0.2) is 11.5 Å². The lowest BCUT2D eigenvalue weighted by Crippen LogP contribution is -2.29. The van der Waals surface area contributed by atoms with Gasteiger partial charge >= 0.3 is 0 Å². The Morgan fingerprint density at radius 1 is 1.12 bits per heavy atom. The van der Waals surface area contributed by atoms with Gasteiger partial charge in [0.2, 0.25) is 0 Å². The van der Waals surface area contributed by atoms with E-state index in [1.54, 1.807) is 7.11 Å². The molecule has 0 amide bonds. The SMILES string of the molecule is CCOc1cc(C=Nc2ccc([C@@H]3Nc4ccc(C)cc4[C@@H]4C=CC[C@@H]43)cc2)cc(Br)c1OC. The van der Waals surface area contributed by atoms with E-state index in [0.717, 1.165) is 22.1 Å². The summed E-state index contributed by atoms with van der Waals surface area (Å²) < 4.78 is 12.0. The van der Waals surface area contributed by atoms with Crippen molar-refractivity contribution in [3.8, 4) is 11.5 Å². The molecule has 0 radical (unpaired) electrons. The summed E-state index contributed by atoms with van der Waals surface area (Å²) in [5.74, 6) is 2.42. The van der Waals surface area contributed by atoms with Crippen LogP contribution in [-0.4, -0.2) is 19.9 Å². The summed E-state index contributed by atoms with van der Waals surface area (Å²) in [5.41, 5.74) is 7.16. The maximum Gasteiger partial charge on any atom is 0.174 e. The van der Waals surface area contributed by atoms with Crippen LogP contribution in [0, 0.1) is 12.8 Å². The number of aryl methyl sites for hydroxylation is 1. The van der Waals surface area contributed by atoms with Crippen LogP contribution in [0.3, 0.4) is 0 Å². The number of halogens is 1. The van der Waals surface area contributed by atoms with Crippen molar-refractivity contribution in [2.75, 3.05) is 19.0 Å². The zero-order chi connectivity index (χ0) is 23.7. The van der Waals surface area contributed by atoms with Crippen molar-refractivity contribution in [1.29, 1.82) is 0 Å². The fraction of sp³-hybridized carbons (Fsp3) is 0.276. The van der Waals surface area contributed by atoms with Crippen LogP contribution in [0.4, 0.5) is 11.4 Å². The number of anilines is 1. The molecule has 1 heterocycles. The highest BCUT2D eigenvalue weighted by molar-refractivity contribution is 9.10. The van der Waals surface area contributed by atoms with Crippen molar-refractivity contribution in [3.63, 3.8) is 0 Å². The van der Waals surface area contributed by atoms with E-state index in [4.69, 9.17) is 14.5 Å². The normalized spacial score (nSPS) is 20.6. The minimum atomic E-state index is 0.291. The molecule has 1 N–H and O–H groups in total. The minimum absolute atomic E-state index is 0.291. The Hall–Kier alpha value is -3.05. The third-order valence-corrected chi connectivity index (χ3v) is 7.26. The number of ether oxygens (including phenoxy) is 2. The van der Waals surface area contributed by atoms with Crippen LogP contribution in [-0.2, 0) is 0 Å². The van der Waals surface area contributed by atoms with Gasteiger partial charge in [0.1, 0.15) is 0 Å². The van der Waals surface area contributed by atoms with Gasteiger partial charge in [0.25, 0.3) is 0 Å². The molecule has 3 aromatic rings. The number of rotatable bonds is 6. The van der Waals surface area contributed by atoms with E-state index in [1.807, 2.05) is 25.3 Å². The largest absolute Gasteiger partial charge is 0.492 e. The molecular weight excluding hydrogens is 488 g/mol. The van der Waals surface area contributed by atoms with Crippen molar-refractivity contribution in [1.82, 2.24) is 0 Å². The lowest BCUT2D eigenvalue weighted by molar-refractivity contribution is 0.310. The topological polar surface area (TPSA) is 42.8 Å². The van der Waals surface area contributed by atoms with Gasteiger partial charge in [-0.25, -0.2) is 0 Å². The Balaban J connectivity index is 1.36. The van der Waals surface area contributed by atoms with Gasteiger partial charge in [-0.15, -0.1) is 0 Å². The lowest BCUT2D eigenvalue weighted by atomic mass is 9.76. The zero-order valence-corrected chi connectivity index (χ0v) is 21.3. The molecular formula is C29H29BrN2O2. The summed E-state index contributed by atoms with van der Waals surface area (Å²) in [6.45, 7) is 4.70. The van der Waals surface area contributed by atoms with E-state index in [9.17, 15) is 0 Å². The molecule has 0 spiro atoms. The predicted octanol–water partition coefficient (Wildman–Crippen LogP) is 7.74. The monoisotopic (exact) mass is 516 g/mol. The Morgan fingerprint density at radius 2 is 1.94 bits per heavy atom. The fourth-order valence-electron chi connectivity index (χ4n) is 5.08. The van der Waals surface area contributed by atoms with E-state index in [1.165, 1.54) is 22.4 Å². The fourth-order valence-corrected chi connectivity index (χ4v) is 5.71. The molecule has 34 heavy (non-hydrogen) atoms. The van der Waals surface area contributed by atoms with E-state index >= 15 is 0 Å². The summed E-state index contributed by atoms with van der Waals surface area (Å²) in [6.07, 6.45) is 7.68. The molecule has 5 rings (SSSR count). The first-order chi connectivity index (χ1) is 16.6. The van der Waals surface area contributed by atoms with Crippen LogP contribution in [0.25, 0.3) is 0 Å². The number of fused-ring (bicyclic) bond motifs is 3. The van der Waals surface area contributed by atoms with Crippen LogP contribution >= 0.6 is 15.9 Å². The Kier molecular flexibility index (Phi) is 6.46. The second-order valence-electron chi connectivity index (χ2n) is 8.88. The quantitative estimate of drug-likeness (QED) is 0.269. The van der Waals surface area contributed by atoms with Gasteiger partial charge in [-0.1, -0.05) is 42.0 Å². The Morgan fingerprint density at radius 3 is 2.71 bits per heavy atom. The van der Waals surface area contributed by atoms with Gasteiger partial charge in [-0.3, -0.25) is 4.99 Å². The minimum Gasteiger partial charge on any atom is -0.492 e. The first-order valence-corrected chi connectivity index (χ1v) is 12.5. The summed E-state index contributed by atoms with van der Waals surface area (Å²) in [5, 5.41) is 3.82. The number of aliphatic imine (C=N–C) groups is 1. The van der Waals surface area contributed by atoms with E-state index in [-0.39, 0.29) is 0 Å². The maximum atomic E-state index is 5.72. The number of nitrogens with one attached hydrogen (secondary N) is 1. The molecule has 0 saturated heterocycles. The Bertz CT molecular complexity index is 1250. The molecule has 4 nitrogen and oxygen atoms in total. The van der Waals surface area contributed by atoms with Crippen molar-refractivity contribution in [3.05, 3.63) is 93.5 Å². The first kappa shape index (κ1) is 22.7. The van der Waals surface area contributed by atoms with Gasteiger partial charge in [0.05, 0.1) is 29.9 Å². The third-order valence-electron chi connectivity index (χ3n) is 6.67. The highest BCUT2D eigenvalue weighted by Gasteiger charge is 2.37. The van der Waals surface area contributed by atoms with E-state index in [2.05, 4.69) is 82.8 Å². The molecule has 0 unspecified atom stereocenters. The van der Waals surface area contributed by atoms with Gasteiger partial charge in [-0.05, 0) is 89.1 Å². The zero-order valence-electron chi connectivity index (χ0n) is 19.7. The number of benzene rings is 3. The van der Waals surface area contributed by atoms with Crippen molar-refractivity contribution in [2.45, 2.75) is 32.2 Å². The molecule has 0 fully saturated rings. The molecule has 2 aliphatic rings. The number of hydrogen-bond donors (Lipinski definition) is 1. The molecule has 5 heteroatoms. The van der Waals surface area contributed by atoms with Crippen LogP contribution in [0.2, 0.25) is 0 Å². The summed E-state index contributed by atoms with van der Waals surface area (Å²) >= 11 is 3.57. The highest BCUT2D eigenvalue weighted by Crippen LogP contribution is 2.50. The van der Waals surface area contributed by atoms with E-state index < -0.39 is 0 Å². The number of methoxy groups -OCH3 is 1. The standard InChI is InChI=1S/C29H29BrN2O2/c1-4-34-27-16-19(15-25(30)29(27)33-3)17-31-21-11-9-20(10-12-21)28-23-7-5-6-22(23)24-14-18(2)8-13-26(24)32-28/h5-6,8-17,22-23,28,32H,4,7H2,1-3H3/t22-,23+,28+/m1/s1. The van der Waals surface area contributed by atoms with Crippen LogP contribution in [0.1, 0.15) is 47.6 Å². The third kappa shape index (κ3) is 4.37. The number of allylic oxidation sites excluding steroid dienone is 2. The van der Waals surface area contributed by atoms with Crippen molar-refractivity contribution in [2.24, 2.45) is 10.9 Å². The summed E-state index contributed by atoms with van der Waals surface area (Å²) in [6, 6.07) is 19.6. The van der Waals surface area contributed by atoms with E-state index in [0.29, 0.717) is 36.0 Å².